The van der Waals surface area contributed by atoms with Crippen LogP contribution in [0, 0.1) is 5.92 Å². The topological polar surface area (TPSA) is 55.4 Å². The van der Waals surface area contributed by atoms with Crippen LogP contribution in [0.25, 0.3) is 0 Å². The maximum atomic E-state index is 11.7. The summed E-state index contributed by atoms with van der Waals surface area (Å²) in [5, 5.41) is 2.65. The molecule has 0 unspecified atom stereocenters. The molecule has 4 nitrogen and oxygen atoms in total. The zero-order chi connectivity index (χ0) is 11.8. The Morgan fingerprint density at radius 2 is 1.81 bits per heavy atom. The first-order valence-electron chi connectivity index (χ1n) is 6.17. The second-order valence-electron chi connectivity index (χ2n) is 4.21. The number of amides is 1. The molecule has 0 heterocycles. The number of hydrogen-bond acceptors (Lipinski definition) is 3. The lowest BCUT2D eigenvalue weighted by Gasteiger charge is -2.13. The van der Waals surface area contributed by atoms with Crippen molar-refractivity contribution in [2.75, 3.05) is 13.2 Å². The summed E-state index contributed by atoms with van der Waals surface area (Å²) in [5.74, 6) is -0.253. The Bertz CT molecular complexity index is 232. The molecule has 0 aromatic rings. The molecule has 1 aliphatic rings. The monoisotopic (exact) mass is 227 g/mol. The molecule has 1 rings (SSSR count). The molecule has 4 heteroatoms. The Balaban J connectivity index is 2.25. The van der Waals surface area contributed by atoms with E-state index in [1.165, 1.54) is 12.8 Å². The van der Waals surface area contributed by atoms with Crippen LogP contribution in [0.2, 0.25) is 0 Å². The van der Waals surface area contributed by atoms with Gasteiger partial charge in [0.25, 0.3) is 0 Å². The molecule has 1 amide bonds. The van der Waals surface area contributed by atoms with Crippen LogP contribution in [0.4, 0.5) is 0 Å². The molecule has 0 spiro atoms. The molecule has 0 bridgehead atoms. The van der Waals surface area contributed by atoms with Crippen LogP contribution >= 0.6 is 0 Å². The number of carbonyl (C=O) groups is 2. The molecule has 0 saturated heterocycles. The van der Waals surface area contributed by atoms with Crippen LogP contribution in [0.1, 0.15) is 45.4 Å². The van der Waals surface area contributed by atoms with E-state index in [0.29, 0.717) is 6.61 Å². The highest BCUT2D eigenvalue weighted by Gasteiger charge is 2.20. The van der Waals surface area contributed by atoms with Crippen molar-refractivity contribution >= 4 is 11.9 Å². The molecule has 1 aliphatic carbocycles. The van der Waals surface area contributed by atoms with Gasteiger partial charge in [-0.15, -0.1) is 0 Å². The smallest absolute Gasteiger partial charge is 0.325 e. The van der Waals surface area contributed by atoms with Crippen LogP contribution in [0.3, 0.4) is 0 Å². The maximum absolute atomic E-state index is 11.7. The van der Waals surface area contributed by atoms with Gasteiger partial charge < -0.3 is 10.1 Å². The van der Waals surface area contributed by atoms with Gasteiger partial charge in [-0.1, -0.05) is 25.7 Å². The minimum atomic E-state index is -0.357. The SMILES string of the molecule is CCOC(=O)CNC(=O)C1CCCCCC1. The maximum Gasteiger partial charge on any atom is 0.325 e. The zero-order valence-corrected chi connectivity index (χ0v) is 9.96. The molecule has 0 atom stereocenters. The fraction of sp³-hybridized carbons (Fsp3) is 0.833. The fourth-order valence-electron chi connectivity index (χ4n) is 2.06. The molecule has 92 valence electrons. The zero-order valence-electron chi connectivity index (χ0n) is 9.96. The summed E-state index contributed by atoms with van der Waals surface area (Å²) in [7, 11) is 0. The third-order valence-corrected chi connectivity index (χ3v) is 2.94. The van der Waals surface area contributed by atoms with Gasteiger partial charge in [0.05, 0.1) is 6.61 Å². The number of esters is 1. The average Bonchev–Trinajstić information content (AvgIpc) is 2.55. The molecule has 0 aromatic heterocycles. The van der Waals surface area contributed by atoms with E-state index >= 15 is 0 Å². The van der Waals surface area contributed by atoms with Crippen LogP contribution in [0.15, 0.2) is 0 Å². The van der Waals surface area contributed by atoms with Crippen LogP contribution < -0.4 is 5.32 Å². The van der Waals surface area contributed by atoms with E-state index in [9.17, 15) is 9.59 Å². The highest BCUT2D eigenvalue weighted by molar-refractivity contribution is 5.83. The number of ether oxygens (including phenoxy) is 1. The summed E-state index contributed by atoms with van der Waals surface area (Å²) in [6.45, 7) is 2.12. The normalized spacial score (nSPS) is 17.6. The summed E-state index contributed by atoms with van der Waals surface area (Å²) < 4.78 is 4.75. The predicted molar refractivity (Wildman–Crippen MR) is 60.8 cm³/mol. The largest absolute Gasteiger partial charge is 0.465 e. The minimum absolute atomic E-state index is 0.00315. The van der Waals surface area contributed by atoms with Crippen molar-refractivity contribution in [1.29, 1.82) is 0 Å². The van der Waals surface area contributed by atoms with Gasteiger partial charge in [-0.05, 0) is 19.8 Å². The lowest BCUT2D eigenvalue weighted by molar-refractivity contribution is -0.143. The second-order valence-corrected chi connectivity index (χ2v) is 4.21. The van der Waals surface area contributed by atoms with Gasteiger partial charge in [-0.2, -0.15) is 0 Å². The van der Waals surface area contributed by atoms with Crippen molar-refractivity contribution in [2.45, 2.75) is 45.4 Å². The van der Waals surface area contributed by atoms with Gasteiger partial charge in [-0.3, -0.25) is 9.59 Å². The van der Waals surface area contributed by atoms with Crippen LogP contribution in [-0.2, 0) is 14.3 Å². The summed E-state index contributed by atoms with van der Waals surface area (Å²) in [6, 6.07) is 0. The summed E-state index contributed by atoms with van der Waals surface area (Å²) >= 11 is 0. The Labute approximate surface area is 96.7 Å². The van der Waals surface area contributed by atoms with E-state index in [1.54, 1.807) is 6.92 Å². The molecule has 1 N–H and O–H groups in total. The molecule has 0 aliphatic heterocycles. The number of nitrogens with one attached hydrogen (secondary N) is 1. The summed E-state index contributed by atoms with van der Waals surface area (Å²) in [5.41, 5.74) is 0. The van der Waals surface area contributed by atoms with Crippen molar-refractivity contribution in [3.63, 3.8) is 0 Å². The van der Waals surface area contributed by atoms with Crippen molar-refractivity contribution in [3.8, 4) is 0 Å². The Morgan fingerprint density at radius 1 is 1.19 bits per heavy atom. The molecular formula is C12H21NO3. The van der Waals surface area contributed by atoms with E-state index in [-0.39, 0.29) is 24.3 Å². The van der Waals surface area contributed by atoms with Crippen molar-refractivity contribution in [2.24, 2.45) is 5.92 Å². The van der Waals surface area contributed by atoms with Crippen molar-refractivity contribution < 1.29 is 14.3 Å². The molecule has 1 fully saturated rings. The van der Waals surface area contributed by atoms with Crippen molar-refractivity contribution in [1.82, 2.24) is 5.32 Å². The molecule has 1 saturated carbocycles. The first kappa shape index (κ1) is 13.0. The van der Waals surface area contributed by atoms with Gasteiger partial charge >= 0.3 is 5.97 Å². The second kappa shape index (κ2) is 7.25. The average molecular weight is 227 g/mol. The van der Waals surface area contributed by atoms with Crippen LogP contribution in [0.5, 0.6) is 0 Å². The van der Waals surface area contributed by atoms with E-state index in [1.807, 2.05) is 0 Å². The van der Waals surface area contributed by atoms with Crippen LogP contribution in [-0.4, -0.2) is 25.0 Å². The first-order valence-corrected chi connectivity index (χ1v) is 6.17. The fourth-order valence-corrected chi connectivity index (χ4v) is 2.06. The van der Waals surface area contributed by atoms with Gasteiger partial charge in [0.15, 0.2) is 0 Å². The third kappa shape index (κ3) is 4.64. The van der Waals surface area contributed by atoms with Gasteiger partial charge in [0, 0.05) is 5.92 Å². The lowest BCUT2D eigenvalue weighted by atomic mass is 9.99. The molecule has 16 heavy (non-hydrogen) atoms. The summed E-state index contributed by atoms with van der Waals surface area (Å²) in [6.07, 6.45) is 6.60. The number of rotatable bonds is 4. The van der Waals surface area contributed by atoms with E-state index in [4.69, 9.17) is 4.74 Å². The lowest BCUT2D eigenvalue weighted by Crippen LogP contribution is -2.35. The first-order chi connectivity index (χ1) is 7.74. The Hall–Kier alpha value is -1.06. The molecular weight excluding hydrogens is 206 g/mol. The Kier molecular flexibility index (Phi) is 5.90. The third-order valence-electron chi connectivity index (χ3n) is 2.94. The van der Waals surface area contributed by atoms with Crippen molar-refractivity contribution in [3.05, 3.63) is 0 Å². The predicted octanol–water partition coefficient (Wildman–Crippen LogP) is 1.64. The van der Waals surface area contributed by atoms with E-state index in [0.717, 1.165) is 25.7 Å². The molecule has 0 radical (unpaired) electrons. The van der Waals surface area contributed by atoms with Gasteiger partial charge in [0.1, 0.15) is 6.54 Å². The molecule has 0 aromatic carbocycles. The number of carbonyl (C=O) groups excluding carboxylic acids is 2. The van der Waals surface area contributed by atoms with Gasteiger partial charge in [-0.25, -0.2) is 0 Å². The highest BCUT2D eigenvalue weighted by atomic mass is 16.5. The van der Waals surface area contributed by atoms with Gasteiger partial charge in [0.2, 0.25) is 5.91 Å². The minimum Gasteiger partial charge on any atom is -0.465 e. The van der Waals surface area contributed by atoms with E-state index in [2.05, 4.69) is 5.32 Å². The Morgan fingerprint density at radius 3 is 2.38 bits per heavy atom. The quantitative estimate of drug-likeness (QED) is 0.586. The highest BCUT2D eigenvalue weighted by Crippen LogP contribution is 2.22. The van der Waals surface area contributed by atoms with E-state index < -0.39 is 0 Å². The number of hydrogen-bond donors (Lipinski definition) is 1. The summed E-state index contributed by atoms with van der Waals surface area (Å²) in [4.78, 5) is 22.8. The standard InChI is InChI=1S/C12H21NO3/c1-2-16-11(14)9-13-12(15)10-7-5-3-4-6-8-10/h10H,2-9H2,1H3,(H,13,15).